The van der Waals surface area contributed by atoms with Crippen LogP contribution in [-0.2, 0) is 6.42 Å². The van der Waals surface area contributed by atoms with Crippen LogP contribution in [0.3, 0.4) is 0 Å². The highest BCUT2D eigenvalue weighted by Crippen LogP contribution is 2.34. The van der Waals surface area contributed by atoms with Gasteiger partial charge < -0.3 is 19.9 Å². The molecule has 0 fully saturated rings. The second kappa shape index (κ2) is 8.14. The molecule has 0 bridgehead atoms. The summed E-state index contributed by atoms with van der Waals surface area (Å²) >= 11 is 0. The molecule has 3 N–H and O–H groups in total. The Balaban J connectivity index is 1.52. The zero-order valence-corrected chi connectivity index (χ0v) is 15.2. The average Bonchev–Trinajstić information content (AvgIpc) is 3.23. The van der Waals surface area contributed by atoms with Gasteiger partial charge in [0, 0.05) is 5.56 Å². The Kier molecular flexibility index (Phi) is 5.25. The Labute approximate surface area is 162 Å². The van der Waals surface area contributed by atoms with Crippen LogP contribution in [0, 0.1) is 0 Å². The Morgan fingerprint density at radius 1 is 1.14 bits per heavy atom. The summed E-state index contributed by atoms with van der Waals surface area (Å²) in [6, 6.07) is 14.8. The lowest BCUT2D eigenvalue weighted by Crippen LogP contribution is -2.39. The number of nitrogens with one attached hydrogen (secondary N) is 2. The molecule has 144 valence electrons. The van der Waals surface area contributed by atoms with E-state index in [-0.39, 0.29) is 12.5 Å². The molecule has 7 heteroatoms. The van der Waals surface area contributed by atoms with Gasteiger partial charge in [-0.25, -0.2) is 0 Å². The lowest BCUT2D eigenvalue weighted by molar-refractivity contribution is 0.0917. The number of aromatic nitrogens is 2. The van der Waals surface area contributed by atoms with Gasteiger partial charge in [-0.15, -0.1) is 0 Å². The molecular formula is C21H21N3O4. The molecule has 2 aromatic carbocycles. The molecule has 0 spiro atoms. The van der Waals surface area contributed by atoms with Gasteiger partial charge in [0.1, 0.15) is 13.2 Å². The summed E-state index contributed by atoms with van der Waals surface area (Å²) in [4.78, 5) is 12.8. The highest BCUT2D eigenvalue weighted by molar-refractivity contribution is 6.00. The van der Waals surface area contributed by atoms with E-state index >= 15 is 0 Å². The number of fused-ring (bicyclic) bond motifs is 1. The van der Waals surface area contributed by atoms with Crippen molar-refractivity contribution in [2.24, 2.45) is 0 Å². The van der Waals surface area contributed by atoms with Crippen molar-refractivity contribution in [3.8, 4) is 22.8 Å². The van der Waals surface area contributed by atoms with E-state index in [2.05, 4.69) is 15.5 Å². The molecule has 0 saturated heterocycles. The maximum absolute atomic E-state index is 12.8. The third-order valence-corrected chi connectivity index (χ3v) is 4.60. The average molecular weight is 379 g/mol. The molecule has 0 aliphatic carbocycles. The van der Waals surface area contributed by atoms with E-state index in [0.29, 0.717) is 42.4 Å². The van der Waals surface area contributed by atoms with Crippen molar-refractivity contribution in [3.63, 3.8) is 0 Å². The molecule has 3 aromatic rings. The lowest BCUT2D eigenvalue weighted by atomic mass is 10.0. The van der Waals surface area contributed by atoms with Gasteiger partial charge in [-0.05, 0) is 30.2 Å². The number of aliphatic hydroxyl groups is 1. The topological polar surface area (TPSA) is 96.5 Å². The van der Waals surface area contributed by atoms with Crippen LogP contribution in [0.2, 0.25) is 0 Å². The van der Waals surface area contributed by atoms with E-state index < -0.39 is 6.04 Å². The van der Waals surface area contributed by atoms with Crippen LogP contribution in [-0.4, -0.2) is 47.1 Å². The number of carbonyl (C=O) groups excluding carboxylic acids is 1. The summed E-state index contributed by atoms with van der Waals surface area (Å²) < 4.78 is 11.2. The van der Waals surface area contributed by atoms with Gasteiger partial charge in [0.15, 0.2) is 11.5 Å². The highest BCUT2D eigenvalue weighted by Gasteiger charge is 2.20. The van der Waals surface area contributed by atoms with Crippen LogP contribution in [0.5, 0.6) is 11.5 Å². The van der Waals surface area contributed by atoms with E-state index in [9.17, 15) is 9.90 Å². The molecule has 1 aliphatic heterocycles. The first-order valence-corrected chi connectivity index (χ1v) is 9.13. The third kappa shape index (κ3) is 3.84. The molecule has 1 atom stereocenters. The van der Waals surface area contributed by atoms with Crippen molar-refractivity contribution in [2.45, 2.75) is 12.5 Å². The molecule has 1 amide bonds. The fraction of sp³-hybridized carbons (Fsp3) is 0.238. The minimum atomic E-state index is -0.391. The van der Waals surface area contributed by atoms with Crippen LogP contribution in [0.15, 0.2) is 54.7 Å². The molecule has 4 rings (SSSR count). The first-order valence-electron chi connectivity index (χ1n) is 9.13. The summed E-state index contributed by atoms with van der Waals surface area (Å²) in [6.45, 7) is 0.857. The van der Waals surface area contributed by atoms with E-state index in [1.165, 1.54) is 6.20 Å². The maximum Gasteiger partial charge on any atom is 0.255 e. The summed E-state index contributed by atoms with van der Waals surface area (Å²) in [5.41, 5.74) is 2.81. The molecule has 0 radical (unpaired) electrons. The number of rotatable bonds is 6. The number of amides is 1. The smallest absolute Gasteiger partial charge is 0.255 e. The predicted molar refractivity (Wildman–Crippen MR) is 103 cm³/mol. The Morgan fingerprint density at radius 3 is 2.71 bits per heavy atom. The molecule has 28 heavy (non-hydrogen) atoms. The normalized spacial score (nSPS) is 13.8. The quantitative estimate of drug-likeness (QED) is 0.610. The third-order valence-electron chi connectivity index (χ3n) is 4.60. The monoisotopic (exact) mass is 379 g/mol. The maximum atomic E-state index is 12.8. The van der Waals surface area contributed by atoms with Crippen LogP contribution in [0.1, 0.15) is 15.9 Å². The largest absolute Gasteiger partial charge is 0.486 e. The molecule has 7 nitrogen and oxygen atoms in total. The van der Waals surface area contributed by atoms with Crippen molar-refractivity contribution in [2.75, 3.05) is 19.8 Å². The van der Waals surface area contributed by atoms with E-state index in [1.807, 2.05) is 48.5 Å². The number of hydrogen-bond donors (Lipinski definition) is 3. The van der Waals surface area contributed by atoms with Gasteiger partial charge in [0.25, 0.3) is 5.91 Å². The zero-order chi connectivity index (χ0) is 19.3. The van der Waals surface area contributed by atoms with E-state index in [0.717, 1.165) is 11.1 Å². The molecule has 1 aliphatic rings. The van der Waals surface area contributed by atoms with Crippen LogP contribution < -0.4 is 14.8 Å². The molecule has 0 unspecified atom stereocenters. The molecule has 0 saturated carbocycles. The van der Waals surface area contributed by atoms with Crippen LogP contribution in [0.4, 0.5) is 0 Å². The fourth-order valence-corrected chi connectivity index (χ4v) is 3.20. The Morgan fingerprint density at radius 2 is 1.93 bits per heavy atom. The van der Waals surface area contributed by atoms with Gasteiger partial charge in [-0.1, -0.05) is 30.3 Å². The van der Waals surface area contributed by atoms with E-state index in [4.69, 9.17) is 9.47 Å². The lowest BCUT2D eigenvalue weighted by Gasteiger charge is -2.19. The number of ether oxygens (including phenoxy) is 2. The minimum Gasteiger partial charge on any atom is -0.486 e. The summed E-state index contributed by atoms with van der Waals surface area (Å²) in [6.07, 6.45) is 2.03. The van der Waals surface area contributed by atoms with Crippen molar-refractivity contribution >= 4 is 5.91 Å². The van der Waals surface area contributed by atoms with Gasteiger partial charge in [-0.3, -0.25) is 9.89 Å². The van der Waals surface area contributed by atoms with Crippen molar-refractivity contribution in [1.82, 2.24) is 15.5 Å². The van der Waals surface area contributed by atoms with Gasteiger partial charge in [0.2, 0.25) is 0 Å². The summed E-state index contributed by atoms with van der Waals surface area (Å²) in [5, 5.41) is 19.5. The van der Waals surface area contributed by atoms with Crippen LogP contribution in [0.25, 0.3) is 11.3 Å². The second-order valence-electron chi connectivity index (χ2n) is 6.56. The molecule has 2 heterocycles. The summed E-state index contributed by atoms with van der Waals surface area (Å²) in [5.74, 6) is 1.03. The van der Waals surface area contributed by atoms with Gasteiger partial charge in [0.05, 0.1) is 30.1 Å². The number of hydrogen-bond acceptors (Lipinski definition) is 5. The second-order valence-corrected chi connectivity index (χ2v) is 6.56. The number of benzene rings is 2. The standard InChI is InChI=1S/C21H21N3O4/c25-13-16(10-14-4-2-1-3-5-14)23-21(26)17-12-22-24-20(17)15-6-7-18-19(11-15)28-9-8-27-18/h1-7,11-12,16,25H,8-10,13H2,(H,22,24)(H,23,26)/t16-/m1/s1. The fourth-order valence-electron chi connectivity index (χ4n) is 3.20. The predicted octanol–water partition coefficient (Wildman–Crippen LogP) is 2.18. The number of carbonyl (C=O) groups is 1. The Hall–Kier alpha value is -3.32. The number of aliphatic hydroxyl groups excluding tert-OH is 1. The van der Waals surface area contributed by atoms with Gasteiger partial charge in [-0.2, -0.15) is 5.10 Å². The minimum absolute atomic E-state index is 0.155. The SMILES string of the molecule is O=C(N[C@@H](CO)Cc1ccccc1)c1cn[nH]c1-c1ccc2c(c1)OCCO2. The first kappa shape index (κ1) is 18.1. The van der Waals surface area contributed by atoms with Crippen LogP contribution >= 0.6 is 0 Å². The van der Waals surface area contributed by atoms with Crippen molar-refractivity contribution < 1.29 is 19.4 Å². The first-order chi connectivity index (χ1) is 13.7. The van der Waals surface area contributed by atoms with Crippen molar-refractivity contribution in [1.29, 1.82) is 0 Å². The number of aromatic amines is 1. The van der Waals surface area contributed by atoms with E-state index in [1.54, 1.807) is 0 Å². The molecule has 1 aromatic heterocycles. The Bertz CT molecular complexity index is 955. The summed E-state index contributed by atoms with van der Waals surface area (Å²) in [7, 11) is 0. The molecular weight excluding hydrogens is 358 g/mol. The number of nitrogens with zero attached hydrogens (tertiary/aromatic N) is 1. The van der Waals surface area contributed by atoms with Crippen molar-refractivity contribution in [3.05, 3.63) is 65.9 Å². The highest BCUT2D eigenvalue weighted by atomic mass is 16.6. The zero-order valence-electron chi connectivity index (χ0n) is 15.2. The van der Waals surface area contributed by atoms with Gasteiger partial charge >= 0.3 is 0 Å². The number of H-pyrrole nitrogens is 1.